The first-order valence-electron chi connectivity index (χ1n) is 9.44. The lowest BCUT2D eigenvalue weighted by Crippen LogP contribution is -2.40. The molecule has 3 rings (SSSR count). The number of ether oxygens (including phenoxy) is 2. The van der Waals surface area contributed by atoms with Crippen molar-refractivity contribution < 1.29 is 14.3 Å². The number of hydrogen-bond donors (Lipinski definition) is 1. The molecule has 0 saturated carbocycles. The third-order valence-electron chi connectivity index (χ3n) is 4.95. The van der Waals surface area contributed by atoms with Crippen LogP contribution in [0.15, 0.2) is 34.6 Å². The van der Waals surface area contributed by atoms with Gasteiger partial charge in [0.2, 0.25) is 0 Å². The number of carbonyl (C=O) groups is 1. The molecule has 2 aromatic rings. The van der Waals surface area contributed by atoms with Crippen LogP contribution in [0.5, 0.6) is 0 Å². The van der Waals surface area contributed by atoms with Crippen molar-refractivity contribution in [1.82, 2.24) is 14.8 Å². The van der Waals surface area contributed by atoms with Crippen molar-refractivity contribution in [2.24, 2.45) is 0 Å². The van der Waals surface area contributed by atoms with Crippen LogP contribution in [0.25, 0.3) is 0 Å². The SMILES string of the molecule is COC(CNC(=O)c1c(C)ccn(CCN2CCOCC2)c1=O)c1cccs1. The molecule has 28 heavy (non-hydrogen) atoms. The molecule has 1 aliphatic rings. The third-order valence-corrected chi connectivity index (χ3v) is 5.92. The summed E-state index contributed by atoms with van der Waals surface area (Å²) in [5, 5.41) is 4.82. The number of aryl methyl sites for hydroxylation is 1. The van der Waals surface area contributed by atoms with E-state index in [1.54, 1.807) is 36.1 Å². The number of hydrogen-bond acceptors (Lipinski definition) is 6. The van der Waals surface area contributed by atoms with Crippen molar-refractivity contribution in [2.45, 2.75) is 19.6 Å². The number of aromatic nitrogens is 1. The topological polar surface area (TPSA) is 72.8 Å². The molecule has 2 aromatic heterocycles. The van der Waals surface area contributed by atoms with Crippen molar-refractivity contribution in [3.8, 4) is 0 Å². The Morgan fingerprint density at radius 2 is 2.11 bits per heavy atom. The Hall–Kier alpha value is -2.00. The second kappa shape index (κ2) is 9.97. The zero-order valence-electron chi connectivity index (χ0n) is 16.3. The van der Waals surface area contributed by atoms with Gasteiger partial charge in [-0.15, -0.1) is 11.3 Å². The summed E-state index contributed by atoms with van der Waals surface area (Å²) >= 11 is 1.58. The number of nitrogens with zero attached hydrogens (tertiary/aromatic N) is 2. The maximum absolute atomic E-state index is 12.9. The zero-order chi connectivity index (χ0) is 19.9. The molecular formula is C20H27N3O4S. The van der Waals surface area contributed by atoms with E-state index in [0.29, 0.717) is 18.7 Å². The van der Waals surface area contributed by atoms with E-state index in [1.165, 1.54) is 0 Å². The van der Waals surface area contributed by atoms with Crippen molar-refractivity contribution >= 4 is 17.2 Å². The quantitative estimate of drug-likeness (QED) is 0.723. The van der Waals surface area contributed by atoms with E-state index in [1.807, 2.05) is 23.6 Å². The summed E-state index contributed by atoms with van der Waals surface area (Å²) < 4.78 is 12.4. The number of morpholine rings is 1. The summed E-state index contributed by atoms with van der Waals surface area (Å²) in [5.74, 6) is -0.359. The fourth-order valence-corrected chi connectivity index (χ4v) is 4.04. The second-order valence-corrected chi connectivity index (χ2v) is 7.76. The van der Waals surface area contributed by atoms with Gasteiger partial charge in [0.1, 0.15) is 11.7 Å². The Bertz CT molecular complexity index is 828. The smallest absolute Gasteiger partial charge is 0.263 e. The monoisotopic (exact) mass is 405 g/mol. The summed E-state index contributed by atoms with van der Waals surface area (Å²) in [4.78, 5) is 28.9. The Balaban J connectivity index is 1.66. The van der Waals surface area contributed by atoms with Gasteiger partial charge in [-0.1, -0.05) is 6.07 Å². The molecule has 0 radical (unpaired) electrons. The maximum Gasteiger partial charge on any atom is 0.263 e. The Kier molecular flexibility index (Phi) is 7.38. The van der Waals surface area contributed by atoms with Crippen molar-refractivity contribution in [1.29, 1.82) is 0 Å². The highest BCUT2D eigenvalue weighted by Gasteiger charge is 2.19. The second-order valence-electron chi connectivity index (χ2n) is 6.78. The largest absolute Gasteiger partial charge is 0.379 e. The Morgan fingerprint density at radius 3 is 2.79 bits per heavy atom. The highest BCUT2D eigenvalue weighted by atomic mass is 32.1. The first-order chi connectivity index (χ1) is 13.6. The van der Waals surface area contributed by atoms with Gasteiger partial charge in [-0.05, 0) is 30.0 Å². The van der Waals surface area contributed by atoms with E-state index in [4.69, 9.17) is 9.47 Å². The van der Waals surface area contributed by atoms with Crippen molar-refractivity contribution in [3.63, 3.8) is 0 Å². The number of amides is 1. The molecule has 0 aliphatic carbocycles. The molecule has 1 fully saturated rings. The van der Waals surface area contributed by atoms with Crippen LogP contribution in [-0.2, 0) is 16.0 Å². The predicted molar refractivity (Wildman–Crippen MR) is 109 cm³/mol. The molecule has 0 aromatic carbocycles. The molecule has 1 unspecified atom stereocenters. The third kappa shape index (κ3) is 5.08. The van der Waals surface area contributed by atoms with Gasteiger partial charge < -0.3 is 19.4 Å². The summed E-state index contributed by atoms with van der Waals surface area (Å²) in [6.45, 7) is 6.60. The van der Waals surface area contributed by atoms with E-state index >= 15 is 0 Å². The Labute approximate surface area is 168 Å². The van der Waals surface area contributed by atoms with Crippen LogP contribution in [0.2, 0.25) is 0 Å². The summed E-state index contributed by atoms with van der Waals surface area (Å²) in [5.41, 5.74) is 0.622. The molecular weight excluding hydrogens is 378 g/mol. The molecule has 1 aliphatic heterocycles. The van der Waals surface area contributed by atoms with Gasteiger partial charge in [0.15, 0.2) is 0 Å². The Morgan fingerprint density at radius 1 is 1.32 bits per heavy atom. The lowest BCUT2D eigenvalue weighted by Gasteiger charge is -2.26. The average Bonchev–Trinajstić information content (AvgIpc) is 3.23. The summed E-state index contributed by atoms with van der Waals surface area (Å²) in [6.07, 6.45) is 1.54. The minimum absolute atomic E-state index is 0.200. The predicted octanol–water partition coefficient (Wildman–Crippen LogP) is 1.67. The van der Waals surface area contributed by atoms with Gasteiger partial charge in [-0.3, -0.25) is 14.5 Å². The molecule has 7 nitrogen and oxygen atoms in total. The lowest BCUT2D eigenvalue weighted by molar-refractivity contribution is 0.0362. The van der Waals surface area contributed by atoms with Gasteiger partial charge in [0.05, 0.1) is 13.2 Å². The number of carbonyl (C=O) groups excluding carboxylic acids is 1. The maximum atomic E-state index is 12.9. The number of rotatable bonds is 8. The fraction of sp³-hybridized carbons (Fsp3) is 0.500. The van der Waals surface area contributed by atoms with E-state index in [-0.39, 0.29) is 23.1 Å². The highest BCUT2D eigenvalue weighted by Crippen LogP contribution is 2.21. The van der Waals surface area contributed by atoms with Crippen LogP contribution in [0, 0.1) is 6.92 Å². The molecule has 3 heterocycles. The number of methoxy groups -OCH3 is 1. The molecule has 152 valence electrons. The van der Waals surface area contributed by atoms with Crippen LogP contribution in [-0.4, -0.2) is 61.9 Å². The van der Waals surface area contributed by atoms with E-state index in [9.17, 15) is 9.59 Å². The van der Waals surface area contributed by atoms with Crippen molar-refractivity contribution in [2.75, 3.05) is 46.5 Å². The number of thiophene rings is 1. The average molecular weight is 406 g/mol. The van der Waals surface area contributed by atoms with E-state index in [0.717, 1.165) is 37.7 Å². The molecule has 1 N–H and O–H groups in total. The minimum atomic E-state index is -0.359. The molecule has 0 spiro atoms. The van der Waals surface area contributed by atoms with Crippen LogP contribution in [0.4, 0.5) is 0 Å². The lowest BCUT2D eigenvalue weighted by atomic mass is 10.1. The van der Waals surface area contributed by atoms with Crippen LogP contribution in [0.3, 0.4) is 0 Å². The first-order valence-corrected chi connectivity index (χ1v) is 10.3. The van der Waals surface area contributed by atoms with Gasteiger partial charge in [0.25, 0.3) is 11.5 Å². The highest BCUT2D eigenvalue weighted by molar-refractivity contribution is 7.10. The van der Waals surface area contributed by atoms with Crippen LogP contribution >= 0.6 is 11.3 Å². The van der Waals surface area contributed by atoms with Gasteiger partial charge in [0, 0.05) is 50.9 Å². The first kappa shape index (κ1) is 20.7. The minimum Gasteiger partial charge on any atom is -0.379 e. The summed E-state index contributed by atoms with van der Waals surface area (Å²) in [7, 11) is 1.61. The molecule has 1 saturated heterocycles. The summed E-state index contributed by atoms with van der Waals surface area (Å²) in [6, 6.07) is 5.74. The fourth-order valence-electron chi connectivity index (χ4n) is 3.24. The number of pyridine rings is 1. The van der Waals surface area contributed by atoms with E-state index < -0.39 is 0 Å². The van der Waals surface area contributed by atoms with Gasteiger partial charge >= 0.3 is 0 Å². The van der Waals surface area contributed by atoms with Crippen molar-refractivity contribution in [3.05, 3.63) is 56.1 Å². The molecule has 8 heteroatoms. The standard InChI is InChI=1S/C20H27N3O4S/c1-15-5-6-23(8-7-22-9-11-27-12-10-22)20(25)18(15)19(24)21-14-16(26-2)17-4-3-13-28-17/h3-6,13,16H,7-12,14H2,1-2H3,(H,21,24). The van der Waals surface area contributed by atoms with E-state index in [2.05, 4.69) is 10.2 Å². The van der Waals surface area contributed by atoms with Crippen LogP contribution < -0.4 is 10.9 Å². The molecule has 0 bridgehead atoms. The van der Waals surface area contributed by atoms with Crippen LogP contribution in [0.1, 0.15) is 26.9 Å². The van der Waals surface area contributed by atoms with Gasteiger partial charge in [-0.2, -0.15) is 0 Å². The zero-order valence-corrected chi connectivity index (χ0v) is 17.2. The van der Waals surface area contributed by atoms with Gasteiger partial charge in [-0.25, -0.2) is 0 Å². The molecule has 1 amide bonds. The molecule has 1 atom stereocenters. The normalized spacial score (nSPS) is 16.1. The number of nitrogens with one attached hydrogen (secondary N) is 1.